The van der Waals surface area contributed by atoms with Gasteiger partial charge >= 0.3 is 0 Å². The maximum Gasteiger partial charge on any atom is 0.226 e. The molecule has 0 aromatic carbocycles. The second-order valence-electron chi connectivity index (χ2n) is 5.77. The van der Waals surface area contributed by atoms with Gasteiger partial charge in [0.05, 0.1) is 18.4 Å². The lowest BCUT2D eigenvalue weighted by atomic mass is 10.1. The van der Waals surface area contributed by atoms with Crippen molar-refractivity contribution in [2.45, 2.75) is 56.7 Å². The number of thioether (sulfide) groups is 1. The van der Waals surface area contributed by atoms with E-state index in [4.69, 9.17) is 9.26 Å². The van der Waals surface area contributed by atoms with Crippen LogP contribution < -0.4 is 0 Å². The SMILES string of the molecule is CC(C)Cc1nc(CSc2nnnn2CC2CCCO2)no1. The highest BCUT2D eigenvalue weighted by atomic mass is 32.2. The number of aromatic nitrogens is 6. The molecular formula is C13H20N6O2S. The minimum atomic E-state index is 0.214. The highest BCUT2D eigenvalue weighted by Gasteiger charge is 2.19. The maximum atomic E-state index is 5.62. The first-order valence-corrected chi connectivity index (χ1v) is 8.51. The first kappa shape index (κ1) is 15.4. The molecule has 1 aliphatic rings. The normalized spacial score (nSPS) is 18.4. The quantitative estimate of drug-likeness (QED) is 0.711. The second-order valence-corrected chi connectivity index (χ2v) is 6.71. The van der Waals surface area contributed by atoms with Gasteiger partial charge in [0.25, 0.3) is 0 Å². The summed E-state index contributed by atoms with van der Waals surface area (Å²) in [6.45, 7) is 5.77. The Hall–Kier alpha value is -1.48. The third-order valence-corrected chi connectivity index (χ3v) is 4.28. The Morgan fingerprint density at radius 2 is 2.32 bits per heavy atom. The van der Waals surface area contributed by atoms with E-state index < -0.39 is 0 Å². The van der Waals surface area contributed by atoms with Gasteiger partial charge in [-0.05, 0) is 29.2 Å². The molecule has 22 heavy (non-hydrogen) atoms. The zero-order chi connectivity index (χ0) is 15.4. The summed E-state index contributed by atoms with van der Waals surface area (Å²) >= 11 is 1.51. The molecule has 2 aromatic rings. The summed E-state index contributed by atoms with van der Waals surface area (Å²) in [4.78, 5) is 4.38. The van der Waals surface area contributed by atoms with Crippen LogP contribution in [-0.2, 0) is 23.5 Å². The molecule has 0 radical (unpaired) electrons. The lowest BCUT2D eigenvalue weighted by molar-refractivity contribution is 0.0912. The van der Waals surface area contributed by atoms with Gasteiger partial charge in [-0.15, -0.1) is 5.10 Å². The van der Waals surface area contributed by atoms with E-state index in [0.717, 1.165) is 31.0 Å². The summed E-state index contributed by atoms with van der Waals surface area (Å²) in [6.07, 6.45) is 3.18. The van der Waals surface area contributed by atoms with Crippen LogP contribution in [0.4, 0.5) is 0 Å². The van der Waals surface area contributed by atoms with Crippen molar-refractivity contribution in [1.29, 1.82) is 0 Å². The van der Waals surface area contributed by atoms with Gasteiger partial charge < -0.3 is 9.26 Å². The molecular weight excluding hydrogens is 304 g/mol. The molecule has 8 nitrogen and oxygen atoms in total. The van der Waals surface area contributed by atoms with Crippen molar-refractivity contribution in [1.82, 2.24) is 30.3 Å². The van der Waals surface area contributed by atoms with E-state index in [1.807, 2.05) is 0 Å². The van der Waals surface area contributed by atoms with Crippen LogP contribution in [0.15, 0.2) is 9.68 Å². The maximum absolute atomic E-state index is 5.62. The molecule has 0 saturated carbocycles. The summed E-state index contributed by atoms with van der Waals surface area (Å²) in [5.74, 6) is 2.45. The van der Waals surface area contributed by atoms with Gasteiger partial charge in [-0.3, -0.25) is 0 Å². The Balaban J connectivity index is 1.55. The van der Waals surface area contributed by atoms with E-state index in [0.29, 0.717) is 29.9 Å². The summed E-state index contributed by atoms with van der Waals surface area (Å²) in [6, 6.07) is 0. The van der Waals surface area contributed by atoms with E-state index in [1.165, 1.54) is 11.8 Å². The van der Waals surface area contributed by atoms with Crippen LogP contribution in [-0.4, -0.2) is 43.1 Å². The third kappa shape index (κ3) is 4.04. The van der Waals surface area contributed by atoms with Crippen molar-refractivity contribution in [3.05, 3.63) is 11.7 Å². The number of ether oxygens (including phenoxy) is 1. The largest absolute Gasteiger partial charge is 0.376 e. The molecule has 1 aliphatic heterocycles. The lowest BCUT2D eigenvalue weighted by Gasteiger charge is -2.09. The van der Waals surface area contributed by atoms with Gasteiger partial charge in [0.15, 0.2) is 5.82 Å². The number of tetrazole rings is 1. The fourth-order valence-corrected chi connectivity index (χ4v) is 3.04. The fourth-order valence-electron chi connectivity index (χ4n) is 2.31. The van der Waals surface area contributed by atoms with Crippen molar-refractivity contribution in [3.63, 3.8) is 0 Å². The van der Waals surface area contributed by atoms with Crippen molar-refractivity contribution < 1.29 is 9.26 Å². The monoisotopic (exact) mass is 324 g/mol. The highest BCUT2D eigenvalue weighted by Crippen LogP contribution is 2.21. The molecule has 0 bridgehead atoms. The molecule has 120 valence electrons. The highest BCUT2D eigenvalue weighted by molar-refractivity contribution is 7.98. The summed E-state index contributed by atoms with van der Waals surface area (Å²) < 4.78 is 12.6. The molecule has 1 unspecified atom stereocenters. The number of hydrogen-bond acceptors (Lipinski definition) is 8. The number of rotatable bonds is 7. The van der Waals surface area contributed by atoms with E-state index >= 15 is 0 Å². The molecule has 3 rings (SSSR count). The summed E-state index contributed by atoms with van der Waals surface area (Å²) in [5.41, 5.74) is 0. The number of hydrogen-bond donors (Lipinski definition) is 0. The van der Waals surface area contributed by atoms with Crippen molar-refractivity contribution in [2.24, 2.45) is 5.92 Å². The van der Waals surface area contributed by atoms with Gasteiger partial charge in [0, 0.05) is 13.0 Å². The Morgan fingerprint density at radius 3 is 3.09 bits per heavy atom. The fraction of sp³-hybridized carbons (Fsp3) is 0.769. The van der Waals surface area contributed by atoms with Gasteiger partial charge in [-0.25, -0.2) is 4.68 Å². The first-order chi connectivity index (χ1) is 10.7. The number of nitrogens with zero attached hydrogens (tertiary/aromatic N) is 6. The van der Waals surface area contributed by atoms with Crippen LogP contribution in [0.1, 0.15) is 38.4 Å². The minimum Gasteiger partial charge on any atom is -0.376 e. The van der Waals surface area contributed by atoms with E-state index in [9.17, 15) is 0 Å². The molecule has 1 fully saturated rings. The van der Waals surface area contributed by atoms with Crippen LogP contribution >= 0.6 is 11.8 Å². The van der Waals surface area contributed by atoms with Gasteiger partial charge in [-0.2, -0.15) is 4.98 Å². The summed E-state index contributed by atoms with van der Waals surface area (Å²) in [5, 5.41) is 16.6. The Kier molecular flexibility index (Phi) is 5.04. The zero-order valence-corrected chi connectivity index (χ0v) is 13.6. The van der Waals surface area contributed by atoms with Crippen molar-refractivity contribution >= 4 is 11.8 Å². The van der Waals surface area contributed by atoms with E-state index in [1.54, 1.807) is 4.68 Å². The predicted molar refractivity (Wildman–Crippen MR) is 79.2 cm³/mol. The Morgan fingerprint density at radius 1 is 1.41 bits per heavy atom. The molecule has 0 aliphatic carbocycles. The molecule has 0 amide bonds. The minimum absolute atomic E-state index is 0.214. The molecule has 0 N–H and O–H groups in total. The Labute approximate surface area is 133 Å². The Bertz CT molecular complexity index is 593. The second kappa shape index (κ2) is 7.19. The van der Waals surface area contributed by atoms with E-state index in [-0.39, 0.29) is 6.10 Å². The van der Waals surface area contributed by atoms with Crippen molar-refractivity contribution in [3.8, 4) is 0 Å². The van der Waals surface area contributed by atoms with Gasteiger partial charge in [0.1, 0.15) is 0 Å². The molecule has 9 heteroatoms. The van der Waals surface area contributed by atoms with Gasteiger partial charge in [0.2, 0.25) is 11.0 Å². The van der Waals surface area contributed by atoms with Gasteiger partial charge in [-0.1, -0.05) is 30.8 Å². The topological polar surface area (TPSA) is 91.8 Å². The smallest absolute Gasteiger partial charge is 0.226 e. The van der Waals surface area contributed by atoms with E-state index in [2.05, 4.69) is 39.5 Å². The van der Waals surface area contributed by atoms with Crippen LogP contribution in [0, 0.1) is 5.92 Å². The van der Waals surface area contributed by atoms with Crippen molar-refractivity contribution in [2.75, 3.05) is 6.61 Å². The standard InChI is InChI=1S/C13H20N6O2S/c1-9(2)6-12-14-11(16-21-12)8-22-13-15-17-18-19(13)7-10-4-3-5-20-10/h9-10H,3-8H2,1-2H3. The third-order valence-electron chi connectivity index (χ3n) is 3.32. The lowest BCUT2D eigenvalue weighted by Crippen LogP contribution is -2.16. The molecule has 3 heterocycles. The zero-order valence-electron chi connectivity index (χ0n) is 12.8. The molecule has 2 aromatic heterocycles. The summed E-state index contributed by atoms with van der Waals surface area (Å²) in [7, 11) is 0. The van der Waals surface area contributed by atoms with Crippen LogP contribution in [0.25, 0.3) is 0 Å². The van der Waals surface area contributed by atoms with Crippen LogP contribution in [0.2, 0.25) is 0 Å². The van der Waals surface area contributed by atoms with Crippen LogP contribution in [0.3, 0.4) is 0 Å². The molecule has 0 spiro atoms. The average Bonchev–Trinajstić information content (AvgIpc) is 3.19. The molecule has 1 atom stereocenters. The van der Waals surface area contributed by atoms with Crippen LogP contribution in [0.5, 0.6) is 0 Å². The molecule has 1 saturated heterocycles. The average molecular weight is 324 g/mol. The predicted octanol–water partition coefficient (Wildman–Crippen LogP) is 1.73. The first-order valence-electron chi connectivity index (χ1n) is 7.52.